The number of rotatable bonds is 3. The Kier molecular flexibility index (Phi) is 3.25. The molecule has 4 rings (SSSR count). The lowest BCUT2D eigenvalue weighted by Gasteiger charge is -2.04. The minimum atomic E-state index is -3.42. The van der Waals surface area contributed by atoms with Crippen molar-refractivity contribution in [2.45, 2.75) is 5.03 Å². The largest absolute Gasteiger partial charge is 0.337 e. The van der Waals surface area contributed by atoms with Gasteiger partial charge in [0.05, 0.1) is 17.2 Å². The topological polar surface area (TPSA) is 106 Å². The number of hydrogen-bond donors (Lipinski definition) is 2. The van der Waals surface area contributed by atoms with Crippen LogP contribution < -0.4 is 5.32 Å². The summed E-state index contributed by atoms with van der Waals surface area (Å²) in [7, 11) is -1.74. The van der Waals surface area contributed by atoms with E-state index >= 15 is 0 Å². The van der Waals surface area contributed by atoms with Crippen molar-refractivity contribution in [2.24, 2.45) is 7.05 Å². The molecule has 0 spiro atoms. The van der Waals surface area contributed by atoms with Gasteiger partial charge in [0.25, 0.3) is 0 Å². The lowest BCUT2D eigenvalue weighted by Crippen LogP contribution is -1.99. The number of halogens is 1. The molecule has 128 valence electrons. The second-order valence-electron chi connectivity index (χ2n) is 5.68. The van der Waals surface area contributed by atoms with E-state index < -0.39 is 15.7 Å². The van der Waals surface area contributed by atoms with Crippen molar-refractivity contribution >= 4 is 43.3 Å². The first-order valence-electron chi connectivity index (χ1n) is 7.26. The summed E-state index contributed by atoms with van der Waals surface area (Å²) in [4.78, 5) is 4.03. The van der Waals surface area contributed by atoms with Crippen LogP contribution in [0.2, 0.25) is 0 Å². The van der Waals surface area contributed by atoms with E-state index in [4.69, 9.17) is 0 Å². The number of anilines is 2. The number of pyridine rings is 1. The van der Waals surface area contributed by atoms with Gasteiger partial charge >= 0.3 is 0 Å². The average Bonchev–Trinajstić information content (AvgIpc) is 3.09. The number of aryl methyl sites for hydroxylation is 1. The van der Waals surface area contributed by atoms with Gasteiger partial charge in [0.1, 0.15) is 11.3 Å². The van der Waals surface area contributed by atoms with Crippen molar-refractivity contribution < 1.29 is 12.8 Å². The molecule has 8 nitrogen and oxygen atoms in total. The maximum absolute atomic E-state index is 13.2. The molecule has 10 heteroatoms. The Labute approximate surface area is 141 Å². The second-order valence-corrected chi connectivity index (χ2v) is 7.61. The first-order valence-corrected chi connectivity index (χ1v) is 9.15. The van der Waals surface area contributed by atoms with Gasteiger partial charge in [-0.05, 0) is 18.2 Å². The molecular weight excluding hydrogens is 347 g/mol. The van der Waals surface area contributed by atoms with Gasteiger partial charge in [-0.3, -0.25) is 9.78 Å². The Morgan fingerprint density at radius 1 is 1.28 bits per heavy atom. The number of fused-ring (bicyclic) bond motifs is 2. The van der Waals surface area contributed by atoms with Crippen LogP contribution in [0, 0.1) is 5.82 Å². The van der Waals surface area contributed by atoms with E-state index in [0.717, 1.165) is 12.5 Å². The lowest BCUT2D eigenvalue weighted by molar-refractivity contribution is 0.595. The fourth-order valence-electron chi connectivity index (χ4n) is 2.68. The van der Waals surface area contributed by atoms with Crippen molar-refractivity contribution in [1.29, 1.82) is 0 Å². The summed E-state index contributed by atoms with van der Waals surface area (Å²) in [6.45, 7) is 0. The normalized spacial score (nSPS) is 12.1. The molecule has 0 aliphatic heterocycles. The first kappa shape index (κ1) is 15.5. The van der Waals surface area contributed by atoms with Crippen LogP contribution in [0.3, 0.4) is 0 Å². The molecule has 0 bridgehead atoms. The minimum absolute atomic E-state index is 0.0407. The van der Waals surface area contributed by atoms with Crippen LogP contribution in [0.15, 0.2) is 35.5 Å². The Balaban J connectivity index is 1.78. The van der Waals surface area contributed by atoms with Crippen LogP contribution in [-0.2, 0) is 16.9 Å². The van der Waals surface area contributed by atoms with E-state index in [0.29, 0.717) is 33.4 Å². The number of benzene rings is 1. The average molecular weight is 360 g/mol. The molecule has 3 aromatic heterocycles. The zero-order chi connectivity index (χ0) is 17.8. The number of H-pyrrole nitrogens is 1. The van der Waals surface area contributed by atoms with Gasteiger partial charge in [-0.2, -0.15) is 10.2 Å². The molecule has 3 heterocycles. The molecule has 0 aliphatic rings. The molecule has 0 aliphatic carbocycles. The number of aromatic amines is 1. The minimum Gasteiger partial charge on any atom is -0.337 e. The highest BCUT2D eigenvalue weighted by Crippen LogP contribution is 2.28. The zero-order valence-electron chi connectivity index (χ0n) is 13.3. The van der Waals surface area contributed by atoms with Crippen LogP contribution in [-0.4, -0.2) is 39.6 Å². The fraction of sp³-hybridized carbons (Fsp3) is 0.133. The highest BCUT2D eigenvalue weighted by molar-refractivity contribution is 7.90. The fourth-order valence-corrected chi connectivity index (χ4v) is 3.52. The first-order chi connectivity index (χ1) is 11.8. The molecule has 0 unspecified atom stereocenters. The monoisotopic (exact) mass is 360 g/mol. The van der Waals surface area contributed by atoms with Gasteiger partial charge in [-0.15, -0.1) is 0 Å². The molecule has 0 atom stereocenters. The third-order valence-corrected chi connectivity index (χ3v) is 4.80. The van der Waals surface area contributed by atoms with Crippen LogP contribution in [0.1, 0.15) is 0 Å². The summed E-state index contributed by atoms with van der Waals surface area (Å²) in [5.41, 5.74) is 2.31. The molecular formula is C15H13FN6O2S. The predicted molar refractivity (Wildman–Crippen MR) is 91.0 cm³/mol. The standard InChI is InChI=1S/C15H13FN6O2S/c1-22-12-6-9(3-4-10(12)15(21-22)25(2,23)24)18-14-13-11(19-20-14)5-8(16)7-17-13/h3-7H,1-2H3,(H2,18,19,20). The molecule has 0 amide bonds. The molecule has 1 aromatic carbocycles. The Morgan fingerprint density at radius 2 is 2.08 bits per heavy atom. The van der Waals surface area contributed by atoms with E-state index in [1.165, 1.54) is 10.7 Å². The Bertz CT molecular complexity index is 1230. The Hall–Kier alpha value is -3.01. The van der Waals surface area contributed by atoms with Crippen LogP contribution >= 0.6 is 0 Å². The number of nitrogens with one attached hydrogen (secondary N) is 2. The van der Waals surface area contributed by atoms with Crippen molar-refractivity contribution in [3.05, 3.63) is 36.3 Å². The Morgan fingerprint density at radius 3 is 2.84 bits per heavy atom. The molecule has 25 heavy (non-hydrogen) atoms. The molecule has 0 fully saturated rings. The van der Waals surface area contributed by atoms with Gasteiger partial charge in [-0.25, -0.2) is 17.8 Å². The van der Waals surface area contributed by atoms with E-state index in [2.05, 4.69) is 25.6 Å². The van der Waals surface area contributed by atoms with Gasteiger partial charge in [-0.1, -0.05) is 0 Å². The lowest BCUT2D eigenvalue weighted by atomic mass is 10.2. The predicted octanol–water partition coefficient (Wildman–Crippen LogP) is 2.13. The number of nitrogens with zero attached hydrogens (tertiary/aromatic N) is 4. The highest BCUT2D eigenvalue weighted by atomic mass is 32.2. The summed E-state index contributed by atoms with van der Waals surface area (Å²) in [5.74, 6) is -0.00726. The van der Waals surface area contributed by atoms with Gasteiger partial charge in [0.2, 0.25) is 0 Å². The molecule has 0 saturated heterocycles. The van der Waals surface area contributed by atoms with E-state index in [1.54, 1.807) is 25.2 Å². The molecule has 0 radical (unpaired) electrons. The van der Waals surface area contributed by atoms with Crippen molar-refractivity contribution in [1.82, 2.24) is 25.0 Å². The number of hydrogen-bond acceptors (Lipinski definition) is 6. The van der Waals surface area contributed by atoms with Crippen molar-refractivity contribution in [2.75, 3.05) is 11.6 Å². The third kappa shape index (κ3) is 2.60. The van der Waals surface area contributed by atoms with E-state index in [9.17, 15) is 12.8 Å². The third-order valence-electron chi connectivity index (χ3n) is 3.80. The summed E-state index contributed by atoms with van der Waals surface area (Å²) < 4.78 is 38.4. The maximum Gasteiger partial charge on any atom is 0.195 e. The number of sulfone groups is 1. The van der Waals surface area contributed by atoms with E-state index in [1.807, 2.05) is 0 Å². The summed E-state index contributed by atoms with van der Waals surface area (Å²) in [6, 6.07) is 6.48. The number of aromatic nitrogens is 5. The van der Waals surface area contributed by atoms with Crippen molar-refractivity contribution in [3.63, 3.8) is 0 Å². The van der Waals surface area contributed by atoms with Crippen LogP contribution in [0.25, 0.3) is 21.9 Å². The summed E-state index contributed by atoms with van der Waals surface area (Å²) in [5, 5.41) is 14.6. The van der Waals surface area contributed by atoms with Crippen molar-refractivity contribution in [3.8, 4) is 0 Å². The zero-order valence-corrected chi connectivity index (χ0v) is 14.1. The second kappa shape index (κ2) is 5.24. The summed E-state index contributed by atoms with van der Waals surface area (Å²) >= 11 is 0. The van der Waals surface area contributed by atoms with Gasteiger partial charge in [0, 0.05) is 30.4 Å². The maximum atomic E-state index is 13.2. The van der Waals surface area contributed by atoms with Crippen LogP contribution in [0.4, 0.5) is 15.9 Å². The smallest absolute Gasteiger partial charge is 0.195 e. The molecule has 2 N–H and O–H groups in total. The van der Waals surface area contributed by atoms with Gasteiger partial charge in [0.15, 0.2) is 20.7 Å². The molecule has 4 aromatic rings. The summed E-state index contributed by atoms with van der Waals surface area (Å²) in [6.07, 6.45) is 2.24. The SMILES string of the molecule is Cn1nc(S(C)(=O)=O)c2ccc(Nc3n[nH]c4cc(F)cnc34)cc21. The van der Waals surface area contributed by atoms with Gasteiger partial charge < -0.3 is 5.32 Å². The quantitative estimate of drug-likeness (QED) is 0.580. The molecule has 0 saturated carbocycles. The van der Waals surface area contributed by atoms with Crippen LogP contribution in [0.5, 0.6) is 0 Å². The van der Waals surface area contributed by atoms with E-state index in [-0.39, 0.29) is 5.03 Å². The highest BCUT2D eigenvalue weighted by Gasteiger charge is 2.18.